The highest BCUT2D eigenvalue weighted by Crippen LogP contribution is 2.34. The van der Waals surface area contributed by atoms with Gasteiger partial charge in [0.2, 0.25) is 11.6 Å². The third kappa shape index (κ3) is 4.30. The molecule has 1 N–H and O–H groups in total. The average Bonchev–Trinajstić information content (AvgIpc) is 2.72. The molecule has 0 bridgehead atoms. The van der Waals surface area contributed by atoms with E-state index in [2.05, 4.69) is 15.3 Å². The van der Waals surface area contributed by atoms with Gasteiger partial charge in [-0.15, -0.1) is 0 Å². The number of carbonyl (C=O) groups excluding carboxylic acids is 1. The molecule has 2 heterocycles. The van der Waals surface area contributed by atoms with Crippen molar-refractivity contribution in [1.82, 2.24) is 9.97 Å². The minimum atomic E-state index is -0.463. The summed E-state index contributed by atoms with van der Waals surface area (Å²) < 4.78 is 4.78. The maximum atomic E-state index is 11.7. The first-order valence-electron chi connectivity index (χ1n) is 8.70. The molecule has 1 aliphatic rings. The minimum Gasteiger partial charge on any atom is -0.469 e. The highest BCUT2D eigenvalue weighted by molar-refractivity contribution is 5.74. The van der Waals surface area contributed by atoms with Gasteiger partial charge in [-0.3, -0.25) is 14.9 Å². The van der Waals surface area contributed by atoms with E-state index in [4.69, 9.17) is 4.74 Å². The molecule has 0 radical (unpaired) electrons. The van der Waals surface area contributed by atoms with E-state index in [1.807, 2.05) is 35.2 Å². The van der Waals surface area contributed by atoms with Crippen LogP contribution in [0.2, 0.25) is 0 Å². The third-order valence-corrected chi connectivity index (χ3v) is 4.62. The quantitative estimate of drug-likeness (QED) is 0.468. The van der Waals surface area contributed by atoms with Crippen LogP contribution in [0.1, 0.15) is 18.4 Å². The molecule has 3 rings (SSSR count). The lowest BCUT2D eigenvalue weighted by molar-refractivity contribution is -0.383. The normalized spacial score (nSPS) is 14.6. The van der Waals surface area contributed by atoms with Crippen molar-refractivity contribution in [3.63, 3.8) is 0 Å². The first-order valence-corrected chi connectivity index (χ1v) is 8.70. The van der Waals surface area contributed by atoms with Gasteiger partial charge in [-0.2, -0.15) is 0 Å². The van der Waals surface area contributed by atoms with E-state index in [0.29, 0.717) is 32.5 Å². The minimum absolute atomic E-state index is 0.148. The van der Waals surface area contributed by atoms with E-state index in [1.54, 1.807) is 0 Å². The van der Waals surface area contributed by atoms with Crippen LogP contribution < -0.4 is 10.2 Å². The van der Waals surface area contributed by atoms with Crippen molar-refractivity contribution >= 4 is 23.3 Å². The first-order chi connectivity index (χ1) is 13.1. The number of nitrogens with zero attached hydrogens (tertiary/aromatic N) is 4. The average molecular weight is 371 g/mol. The number of nitrogens with one attached hydrogen (secondary N) is 1. The number of rotatable bonds is 6. The molecule has 0 unspecified atom stereocenters. The highest BCUT2D eigenvalue weighted by atomic mass is 16.6. The summed E-state index contributed by atoms with van der Waals surface area (Å²) in [6.45, 7) is 1.41. The van der Waals surface area contributed by atoms with E-state index in [-0.39, 0.29) is 29.2 Å². The fourth-order valence-corrected chi connectivity index (χ4v) is 3.17. The van der Waals surface area contributed by atoms with Crippen molar-refractivity contribution in [2.24, 2.45) is 5.92 Å². The van der Waals surface area contributed by atoms with E-state index >= 15 is 0 Å². The first kappa shape index (κ1) is 18.6. The molecule has 2 aromatic rings. The van der Waals surface area contributed by atoms with Crippen molar-refractivity contribution in [2.75, 3.05) is 30.4 Å². The van der Waals surface area contributed by atoms with Crippen LogP contribution in [-0.2, 0) is 16.1 Å². The molecular weight excluding hydrogens is 350 g/mol. The van der Waals surface area contributed by atoms with Gasteiger partial charge in [-0.05, 0) is 18.4 Å². The van der Waals surface area contributed by atoms with Gasteiger partial charge in [0.25, 0.3) is 0 Å². The summed E-state index contributed by atoms with van der Waals surface area (Å²) in [5.41, 5.74) is 0.843. The predicted molar refractivity (Wildman–Crippen MR) is 99.4 cm³/mol. The molecule has 27 heavy (non-hydrogen) atoms. The Balaban J connectivity index is 1.78. The van der Waals surface area contributed by atoms with Gasteiger partial charge in [0.15, 0.2) is 0 Å². The van der Waals surface area contributed by atoms with Gasteiger partial charge in [0, 0.05) is 19.6 Å². The zero-order chi connectivity index (χ0) is 19.2. The van der Waals surface area contributed by atoms with Crippen molar-refractivity contribution < 1.29 is 14.5 Å². The lowest BCUT2D eigenvalue weighted by Gasteiger charge is -2.31. The Hall–Kier alpha value is -3.23. The van der Waals surface area contributed by atoms with Gasteiger partial charge in [-0.25, -0.2) is 9.97 Å². The predicted octanol–water partition coefficient (Wildman–Crippen LogP) is 2.39. The maximum Gasteiger partial charge on any atom is 0.353 e. The second-order valence-electron chi connectivity index (χ2n) is 6.28. The van der Waals surface area contributed by atoms with Crippen LogP contribution >= 0.6 is 0 Å². The van der Waals surface area contributed by atoms with Crippen molar-refractivity contribution in [2.45, 2.75) is 19.4 Å². The third-order valence-electron chi connectivity index (χ3n) is 4.62. The summed E-state index contributed by atoms with van der Waals surface area (Å²) in [4.78, 5) is 32.9. The summed E-state index contributed by atoms with van der Waals surface area (Å²) in [6, 6.07) is 9.58. The molecule has 0 saturated carbocycles. The fourth-order valence-electron chi connectivity index (χ4n) is 3.17. The van der Waals surface area contributed by atoms with Gasteiger partial charge in [-0.1, -0.05) is 30.3 Å². The molecule has 0 spiro atoms. The maximum absolute atomic E-state index is 11.7. The van der Waals surface area contributed by atoms with E-state index in [9.17, 15) is 14.9 Å². The Kier molecular flexibility index (Phi) is 5.80. The smallest absolute Gasteiger partial charge is 0.353 e. The summed E-state index contributed by atoms with van der Waals surface area (Å²) in [6.07, 6.45) is 2.46. The Morgan fingerprint density at radius 3 is 2.63 bits per heavy atom. The summed E-state index contributed by atoms with van der Waals surface area (Å²) in [5.74, 6) is 0.0395. The van der Waals surface area contributed by atoms with Crippen LogP contribution in [0, 0.1) is 16.0 Å². The number of benzene rings is 1. The van der Waals surface area contributed by atoms with Crippen molar-refractivity contribution in [3.05, 3.63) is 52.3 Å². The zero-order valence-corrected chi connectivity index (χ0v) is 15.0. The van der Waals surface area contributed by atoms with Crippen molar-refractivity contribution in [3.8, 4) is 0 Å². The number of hydrogen-bond acceptors (Lipinski definition) is 8. The van der Waals surface area contributed by atoms with Crippen LogP contribution in [0.25, 0.3) is 0 Å². The van der Waals surface area contributed by atoms with E-state index in [0.717, 1.165) is 5.56 Å². The zero-order valence-electron chi connectivity index (χ0n) is 15.0. The number of anilines is 2. The lowest BCUT2D eigenvalue weighted by Crippen LogP contribution is -2.37. The monoisotopic (exact) mass is 371 g/mol. The number of piperidine rings is 1. The topological polar surface area (TPSA) is 110 Å². The number of carbonyl (C=O) groups is 1. The summed E-state index contributed by atoms with van der Waals surface area (Å²) >= 11 is 0. The SMILES string of the molecule is COC(=O)C1CCN(c2ncnc(NCc3ccccc3)c2[N+](=O)[O-])CC1. The summed E-state index contributed by atoms with van der Waals surface area (Å²) in [5, 5.41) is 14.7. The molecule has 1 saturated heterocycles. The van der Waals surface area contributed by atoms with Gasteiger partial charge in [0.05, 0.1) is 18.0 Å². The van der Waals surface area contributed by atoms with Crippen LogP contribution in [-0.4, -0.2) is 41.1 Å². The lowest BCUT2D eigenvalue weighted by atomic mass is 9.97. The largest absolute Gasteiger partial charge is 0.469 e. The fraction of sp³-hybridized carbons (Fsp3) is 0.389. The molecule has 0 atom stereocenters. The number of ether oxygens (including phenoxy) is 1. The molecule has 0 amide bonds. The highest BCUT2D eigenvalue weighted by Gasteiger charge is 2.32. The van der Waals surface area contributed by atoms with E-state index < -0.39 is 4.92 Å². The molecule has 9 heteroatoms. The Morgan fingerprint density at radius 2 is 2.00 bits per heavy atom. The summed E-state index contributed by atoms with van der Waals surface area (Å²) in [7, 11) is 1.37. The molecular formula is C18H21N5O4. The Bertz CT molecular complexity index is 807. The van der Waals surface area contributed by atoms with E-state index in [1.165, 1.54) is 13.4 Å². The number of esters is 1. The second kappa shape index (κ2) is 8.43. The number of methoxy groups -OCH3 is 1. The molecule has 9 nitrogen and oxygen atoms in total. The molecule has 142 valence electrons. The second-order valence-corrected chi connectivity index (χ2v) is 6.28. The van der Waals surface area contributed by atoms with Crippen LogP contribution in [0.5, 0.6) is 0 Å². The standard InChI is InChI=1S/C18H21N5O4/c1-27-18(24)14-7-9-22(10-8-14)17-15(23(25)26)16(20-12-21-17)19-11-13-5-3-2-4-6-13/h2-6,12,14H,7-11H2,1H3,(H,19,20,21). The molecule has 1 aromatic carbocycles. The number of aromatic nitrogens is 2. The number of hydrogen-bond donors (Lipinski definition) is 1. The van der Waals surface area contributed by atoms with Crippen molar-refractivity contribution in [1.29, 1.82) is 0 Å². The molecule has 1 aliphatic heterocycles. The Labute approximate surface area is 156 Å². The molecule has 0 aliphatic carbocycles. The number of nitro groups is 1. The van der Waals surface area contributed by atoms with Crippen LogP contribution in [0.3, 0.4) is 0 Å². The molecule has 1 aromatic heterocycles. The Morgan fingerprint density at radius 1 is 1.30 bits per heavy atom. The molecule has 1 fully saturated rings. The van der Waals surface area contributed by atoms with Gasteiger partial charge in [0.1, 0.15) is 6.33 Å². The van der Waals surface area contributed by atoms with Crippen LogP contribution in [0.15, 0.2) is 36.7 Å². The van der Waals surface area contributed by atoms with Gasteiger partial charge < -0.3 is 15.0 Å². The van der Waals surface area contributed by atoms with Crippen LogP contribution in [0.4, 0.5) is 17.3 Å². The van der Waals surface area contributed by atoms with Gasteiger partial charge >= 0.3 is 11.7 Å².